The summed E-state index contributed by atoms with van der Waals surface area (Å²) in [7, 11) is 0. The van der Waals surface area contributed by atoms with E-state index >= 15 is 0 Å². The van der Waals surface area contributed by atoms with Crippen LogP contribution in [0.15, 0.2) is 24.3 Å². The van der Waals surface area contributed by atoms with Gasteiger partial charge in [-0.3, -0.25) is 4.79 Å². The molecule has 0 radical (unpaired) electrons. The largest absolute Gasteiger partial charge is 0.352 e. The molecule has 1 aliphatic heterocycles. The summed E-state index contributed by atoms with van der Waals surface area (Å²) in [5, 5.41) is 6.39. The van der Waals surface area contributed by atoms with E-state index < -0.39 is 0 Å². The second-order valence-electron chi connectivity index (χ2n) is 5.48. The molecule has 0 aliphatic carbocycles. The maximum absolute atomic E-state index is 12.1. The number of carbonyl (C=O) groups is 1. The van der Waals surface area contributed by atoms with Gasteiger partial charge in [-0.25, -0.2) is 0 Å². The van der Waals surface area contributed by atoms with Crippen LogP contribution in [-0.2, 0) is 4.79 Å². The summed E-state index contributed by atoms with van der Waals surface area (Å²) in [6, 6.07) is 8.86. The minimum atomic E-state index is 0.182. The van der Waals surface area contributed by atoms with Crippen molar-refractivity contribution >= 4 is 5.91 Å². The Morgan fingerprint density at radius 3 is 2.74 bits per heavy atom. The molecular weight excluding hydrogens is 236 g/mol. The van der Waals surface area contributed by atoms with Gasteiger partial charge in [-0.1, -0.05) is 36.8 Å². The van der Waals surface area contributed by atoms with Crippen molar-refractivity contribution in [1.82, 2.24) is 10.6 Å². The summed E-state index contributed by atoms with van der Waals surface area (Å²) >= 11 is 0. The van der Waals surface area contributed by atoms with E-state index in [0.29, 0.717) is 18.4 Å². The van der Waals surface area contributed by atoms with Crippen LogP contribution < -0.4 is 10.6 Å². The van der Waals surface area contributed by atoms with E-state index in [1.54, 1.807) is 0 Å². The van der Waals surface area contributed by atoms with Gasteiger partial charge in [0, 0.05) is 19.0 Å². The molecule has 1 aromatic carbocycles. The molecule has 1 amide bonds. The fourth-order valence-electron chi connectivity index (χ4n) is 2.62. The first-order valence-electron chi connectivity index (χ1n) is 7.25. The second kappa shape index (κ2) is 6.71. The molecule has 2 atom stereocenters. The zero-order valence-corrected chi connectivity index (χ0v) is 11.9. The maximum atomic E-state index is 12.1. The Bertz CT molecular complexity index is 407. The monoisotopic (exact) mass is 260 g/mol. The van der Waals surface area contributed by atoms with Crippen molar-refractivity contribution in [2.45, 2.75) is 45.1 Å². The third-order valence-electron chi connectivity index (χ3n) is 3.90. The van der Waals surface area contributed by atoms with Crippen molar-refractivity contribution in [3.63, 3.8) is 0 Å². The highest BCUT2D eigenvalue weighted by Gasteiger charge is 2.19. The first kappa shape index (κ1) is 14.1. The third-order valence-corrected chi connectivity index (χ3v) is 3.90. The summed E-state index contributed by atoms with van der Waals surface area (Å²) in [6.45, 7) is 6.16. The molecule has 1 aromatic rings. The Kier molecular flexibility index (Phi) is 4.97. The van der Waals surface area contributed by atoms with E-state index in [4.69, 9.17) is 0 Å². The number of rotatable bonds is 5. The number of hydrogen-bond acceptors (Lipinski definition) is 2. The molecule has 104 valence electrons. The van der Waals surface area contributed by atoms with Crippen LogP contribution in [0.25, 0.3) is 0 Å². The molecule has 0 bridgehead atoms. The molecular formula is C16H24N2O. The lowest BCUT2D eigenvalue weighted by Crippen LogP contribution is -2.36. The van der Waals surface area contributed by atoms with E-state index in [9.17, 15) is 4.79 Å². The van der Waals surface area contributed by atoms with Crippen molar-refractivity contribution in [2.24, 2.45) is 0 Å². The Morgan fingerprint density at radius 1 is 1.42 bits per heavy atom. The van der Waals surface area contributed by atoms with Gasteiger partial charge in [0.05, 0.1) is 0 Å². The van der Waals surface area contributed by atoms with Crippen LogP contribution >= 0.6 is 0 Å². The van der Waals surface area contributed by atoms with Crippen molar-refractivity contribution in [2.75, 3.05) is 13.1 Å². The van der Waals surface area contributed by atoms with Crippen LogP contribution in [-0.4, -0.2) is 25.0 Å². The average Bonchev–Trinajstić information content (AvgIpc) is 2.90. The molecule has 1 aliphatic rings. The number of nitrogens with one attached hydrogen (secondary N) is 2. The number of carbonyl (C=O) groups excluding carboxylic acids is 1. The summed E-state index contributed by atoms with van der Waals surface area (Å²) in [6.07, 6.45) is 2.64. The third kappa shape index (κ3) is 4.06. The molecule has 1 heterocycles. The van der Waals surface area contributed by atoms with Gasteiger partial charge >= 0.3 is 0 Å². The lowest BCUT2D eigenvalue weighted by molar-refractivity contribution is -0.122. The fourth-order valence-corrected chi connectivity index (χ4v) is 2.62. The zero-order chi connectivity index (χ0) is 13.7. The highest BCUT2D eigenvalue weighted by atomic mass is 16.1. The standard InChI is InChI=1S/C16H24N2O/c1-3-13(14-6-4-12(2)5-7-14)10-16(19)18-15-8-9-17-11-15/h4-7,13,15,17H,3,8-11H2,1-2H3,(H,18,19). The smallest absolute Gasteiger partial charge is 0.220 e. The molecule has 0 saturated carbocycles. The lowest BCUT2D eigenvalue weighted by Gasteiger charge is -2.17. The lowest BCUT2D eigenvalue weighted by atomic mass is 9.92. The molecule has 2 N–H and O–H groups in total. The topological polar surface area (TPSA) is 41.1 Å². The van der Waals surface area contributed by atoms with E-state index in [0.717, 1.165) is 25.9 Å². The van der Waals surface area contributed by atoms with Crippen molar-refractivity contribution in [1.29, 1.82) is 0 Å². The Morgan fingerprint density at radius 2 is 2.16 bits per heavy atom. The first-order chi connectivity index (χ1) is 9.19. The predicted octanol–water partition coefficient (Wildman–Crippen LogP) is 2.36. The Balaban J connectivity index is 1.90. The van der Waals surface area contributed by atoms with Gasteiger partial charge in [0.25, 0.3) is 0 Å². The SMILES string of the molecule is CCC(CC(=O)NC1CCNC1)c1ccc(C)cc1. The molecule has 1 fully saturated rings. The first-order valence-corrected chi connectivity index (χ1v) is 7.25. The molecule has 3 nitrogen and oxygen atoms in total. The van der Waals surface area contributed by atoms with Crippen LogP contribution in [0.2, 0.25) is 0 Å². The van der Waals surface area contributed by atoms with Gasteiger partial charge in [0.1, 0.15) is 0 Å². The number of hydrogen-bond donors (Lipinski definition) is 2. The second-order valence-corrected chi connectivity index (χ2v) is 5.48. The van der Waals surface area contributed by atoms with E-state index in [1.807, 2.05) is 0 Å². The van der Waals surface area contributed by atoms with E-state index in [1.165, 1.54) is 11.1 Å². The van der Waals surface area contributed by atoms with Crippen LogP contribution in [0.4, 0.5) is 0 Å². The van der Waals surface area contributed by atoms with E-state index in [-0.39, 0.29) is 5.91 Å². The van der Waals surface area contributed by atoms with Crippen molar-refractivity contribution in [3.8, 4) is 0 Å². The molecule has 3 heteroatoms. The van der Waals surface area contributed by atoms with Gasteiger partial charge < -0.3 is 10.6 Å². The van der Waals surface area contributed by atoms with Gasteiger partial charge in [0.2, 0.25) is 5.91 Å². The van der Waals surface area contributed by atoms with Crippen molar-refractivity contribution < 1.29 is 4.79 Å². The predicted molar refractivity (Wildman–Crippen MR) is 78.2 cm³/mol. The minimum absolute atomic E-state index is 0.182. The molecule has 2 rings (SSSR count). The van der Waals surface area contributed by atoms with Gasteiger partial charge in [-0.15, -0.1) is 0 Å². The van der Waals surface area contributed by atoms with E-state index in [2.05, 4.69) is 48.7 Å². The quantitative estimate of drug-likeness (QED) is 0.853. The highest BCUT2D eigenvalue weighted by Crippen LogP contribution is 2.23. The van der Waals surface area contributed by atoms with Gasteiger partial charge in [-0.2, -0.15) is 0 Å². The summed E-state index contributed by atoms with van der Waals surface area (Å²) in [5.41, 5.74) is 2.54. The summed E-state index contributed by atoms with van der Waals surface area (Å²) in [4.78, 5) is 12.1. The number of amides is 1. The maximum Gasteiger partial charge on any atom is 0.220 e. The fraction of sp³-hybridized carbons (Fsp3) is 0.562. The summed E-state index contributed by atoms with van der Waals surface area (Å²) < 4.78 is 0. The zero-order valence-electron chi connectivity index (χ0n) is 11.9. The summed E-state index contributed by atoms with van der Waals surface area (Å²) in [5.74, 6) is 0.510. The van der Waals surface area contributed by atoms with Gasteiger partial charge in [-0.05, 0) is 37.8 Å². The van der Waals surface area contributed by atoms with Crippen LogP contribution in [0, 0.1) is 6.92 Å². The Hall–Kier alpha value is -1.35. The molecule has 1 saturated heterocycles. The van der Waals surface area contributed by atoms with Crippen molar-refractivity contribution in [3.05, 3.63) is 35.4 Å². The normalized spacial score (nSPS) is 20.2. The highest BCUT2D eigenvalue weighted by molar-refractivity contribution is 5.77. The average molecular weight is 260 g/mol. The molecule has 0 aromatic heterocycles. The number of benzene rings is 1. The number of aryl methyl sites for hydroxylation is 1. The van der Waals surface area contributed by atoms with Crippen LogP contribution in [0.5, 0.6) is 0 Å². The van der Waals surface area contributed by atoms with Crippen LogP contribution in [0.1, 0.15) is 43.2 Å². The minimum Gasteiger partial charge on any atom is -0.352 e. The molecule has 0 spiro atoms. The molecule has 2 unspecified atom stereocenters. The Labute approximate surface area is 115 Å². The molecule has 19 heavy (non-hydrogen) atoms. The van der Waals surface area contributed by atoms with Gasteiger partial charge in [0.15, 0.2) is 0 Å². The van der Waals surface area contributed by atoms with Crippen LogP contribution in [0.3, 0.4) is 0 Å².